The molecule has 0 spiro atoms. The van der Waals surface area contributed by atoms with Gasteiger partial charge >= 0.3 is 11.9 Å². The number of aliphatic carboxylic acids is 2. The predicted octanol–water partition coefficient (Wildman–Crippen LogP) is 2.95. The summed E-state index contributed by atoms with van der Waals surface area (Å²) in [5, 5.41) is 19.9. The molecule has 20 heavy (non-hydrogen) atoms. The van der Waals surface area contributed by atoms with Crippen LogP contribution in [0.1, 0.15) is 5.56 Å². The minimum Gasteiger partial charge on any atom is -0.477 e. The van der Waals surface area contributed by atoms with E-state index in [0.29, 0.717) is 5.56 Å². The highest BCUT2D eigenvalue weighted by Crippen LogP contribution is 2.28. The van der Waals surface area contributed by atoms with Gasteiger partial charge in [0.05, 0.1) is 0 Å². The fraction of sp³-hybridized carbons (Fsp3) is 0. The van der Waals surface area contributed by atoms with Crippen LogP contribution in [0.25, 0.3) is 16.3 Å². The minimum atomic E-state index is -1.49. The van der Waals surface area contributed by atoms with Crippen molar-refractivity contribution in [2.45, 2.75) is 0 Å². The number of carboxylic acids is 2. The van der Waals surface area contributed by atoms with E-state index in [9.17, 15) is 9.59 Å². The van der Waals surface area contributed by atoms with Crippen LogP contribution in [0.3, 0.4) is 0 Å². The van der Waals surface area contributed by atoms with Crippen molar-refractivity contribution in [2.75, 3.05) is 0 Å². The molecule has 0 unspecified atom stereocenters. The fourth-order valence-corrected chi connectivity index (χ4v) is 2.13. The molecule has 0 aromatic heterocycles. The van der Waals surface area contributed by atoms with Gasteiger partial charge in [0.25, 0.3) is 0 Å². The molecule has 2 aromatic rings. The summed E-state index contributed by atoms with van der Waals surface area (Å²) < 4.78 is 0. The van der Waals surface area contributed by atoms with Crippen LogP contribution in [0.4, 0.5) is 0 Å². The Kier molecular flexibility index (Phi) is 3.66. The van der Waals surface area contributed by atoms with Crippen LogP contribution >= 0.6 is 0 Å². The molecule has 2 aromatic carbocycles. The molecule has 0 radical (unpaired) electrons. The molecule has 0 heterocycles. The molecule has 100 valence electrons. The number of carboxylic acid groups (broad SMARTS) is 2. The monoisotopic (exact) mass is 268 g/mol. The molecule has 0 aliphatic rings. The van der Waals surface area contributed by atoms with Crippen LogP contribution in [0, 0.1) is 0 Å². The van der Waals surface area contributed by atoms with Gasteiger partial charge in [-0.05, 0) is 16.3 Å². The van der Waals surface area contributed by atoms with Gasteiger partial charge in [0.15, 0.2) is 5.57 Å². The Balaban J connectivity index is 2.85. The lowest BCUT2D eigenvalue weighted by atomic mass is 9.94. The summed E-state index contributed by atoms with van der Waals surface area (Å²) in [5.41, 5.74) is -0.0453. The zero-order valence-electron chi connectivity index (χ0n) is 10.5. The maximum atomic E-state index is 11.2. The number of hydrogen-bond acceptors (Lipinski definition) is 2. The highest BCUT2D eigenvalue weighted by molar-refractivity contribution is 6.21. The van der Waals surface area contributed by atoms with Crippen molar-refractivity contribution < 1.29 is 19.8 Å². The Labute approximate surface area is 115 Å². The van der Waals surface area contributed by atoms with Crippen molar-refractivity contribution >= 4 is 28.3 Å². The van der Waals surface area contributed by atoms with E-state index in [1.165, 1.54) is 6.08 Å². The molecule has 0 aliphatic carbocycles. The number of fused-ring (bicyclic) bond motifs is 1. The van der Waals surface area contributed by atoms with Gasteiger partial charge in [0.1, 0.15) is 0 Å². The minimum absolute atomic E-state index is 0.0989. The van der Waals surface area contributed by atoms with Crippen molar-refractivity contribution in [3.8, 4) is 0 Å². The number of carbonyl (C=O) groups is 2. The van der Waals surface area contributed by atoms with Gasteiger partial charge in [-0.1, -0.05) is 55.1 Å². The highest BCUT2D eigenvalue weighted by Gasteiger charge is 2.22. The summed E-state index contributed by atoms with van der Waals surface area (Å²) >= 11 is 0. The lowest BCUT2D eigenvalue weighted by Gasteiger charge is -2.09. The average molecular weight is 268 g/mol. The van der Waals surface area contributed by atoms with E-state index in [2.05, 4.69) is 6.58 Å². The zero-order chi connectivity index (χ0) is 14.7. The van der Waals surface area contributed by atoms with Crippen LogP contribution in [-0.2, 0) is 9.59 Å². The van der Waals surface area contributed by atoms with E-state index in [-0.39, 0.29) is 5.57 Å². The first-order valence-electron chi connectivity index (χ1n) is 5.87. The summed E-state index contributed by atoms with van der Waals surface area (Å²) in [7, 11) is 0. The van der Waals surface area contributed by atoms with Gasteiger partial charge in [0.2, 0.25) is 0 Å². The second-order valence-corrected chi connectivity index (χ2v) is 4.13. The third-order valence-corrected chi connectivity index (χ3v) is 2.98. The first-order chi connectivity index (χ1) is 9.56. The number of rotatable bonds is 4. The first kappa shape index (κ1) is 13.5. The van der Waals surface area contributed by atoms with E-state index in [4.69, 9.17) is 10.2 Å². The Bertz CT molecular complexity index is 720. The number of hydrogen-bond donors (Lipinski definition) is 2. The Morgan fingerprint density at radius 3 is 2.15 bits per heavy atom. The lowest BCUT2D eigenvalue weighted by Crippen LogP contribution is -2.13. The second-order valence-electron chi connectivity index (χ2n) is 4.13. The molecule has 4 nitrogen and oxygen atoms in total. The molecule has 0 bridgehead atoms. The Morgan fingerprint density at radius 1 is 0.950 bits per heavy atom. The van der Waals surface area contributed by atoms with Gasteiger partial charge in [-0.3, -0.25) is 0 Å². The Hall–Kier alpha value is -2.88. The molecule has 4 heteroatoms. The lowest BCUT2D eigenvalue weighted by molar-refractivity contribution is -0.140. The molecular formula is C16H12O4. The molecule has 0 saturated carbocycles. The van der Waals surface area contributed by atoms with Crippen molar-refractivity contribution in [1.29, 1.82) is 0 Å². The fourth-order valence-electron chi connectivity index (χ4n) is 2.13. The molecular weight excluding hydrogens is 256 g/mol. The van der Waals surface area contributed by atoms with Gasteiger partial charge in [0, 0.05) is 5.57 Å². The van der Waals surface area contributed by atoms with Crippen molar-refractivity contribution in [3.63, 3.8) is 0 Å². The van der Waals surface area contributed by atoms with E-state index >= 15 is 0 Å². The standard InChI is InChI=1S/C16H12O4/c1-2-11(14(15(17)18)16(19)20)13-9-5-7-10-6-3-4-8-12(10)13/h2-9H,1H2,(H,17,18)(H,19,20). The summed E-state index contributed by atoms with van der Waals surface area (Å²) in [5.74, 6) is -2.97. The third-order valence-electron chi connectivity index (χ3n) is 2.98. The zero-order valence-corrected chi connectivity index (χ0v) is 10.5. The van der Waals surface area contributed by atoms with Crippen molar-refractivity contribution in [1.82, 2.24) is 0 Å². The van der Waals surface area contributed by atoms with Gasteiger partial charge in [-0.2, -0.15) is 0 Å². The molecule has 0 fully saturated rings. The first-order valence-corrected chi connectivity index (χ1v) is 5.87. The summed E-state index contributed by atoms with van der Waals surface area (Å²) in [4.78, 5) is 22.3. The normalized spacial score (nSPS) is 10.0. The van der Waals surface area contributed by atoms with E-state index in [1.807, 2.05) is 30.3 Å². The van der Waals surface area contributed by atoms with Crippen LogP contribution in [0.5, 0.6) is 0 Å². The average Bonchev–Trinajstić information content (AvgIpc) is 2.43. The molecule has 0 aliphatic heterocycles. The summed E-state index contributed by atoms with van der Waals surface area (Å²) in [6.07, 6.45) is 1.26. The second kappa shape index (κ2) is 5.40. The van der Waals surface area contributed by atoms with Crippen LogP contribution < -0.4 is 0 Å². The van der Waals surface area contributed by atoms with Gasteiger partial charge < -0.3 is 10.2 Å². The number of allylic oxidation sites excluding steroid dienone is 2. The van der Waals surface area contributed by atoms with Crippen LogP contribution in [0.2, 0.25) is 0 Å². The molecule has 2 rings (SSSR count). The smallest absolute Gasteiger partial charge is 0.343 e. The van der Waals surface area contributed by atoms with Crippen LogP contribution in [-0.4, -0.2) is 22.2 Å². The quantitative estimate of drug-likeness (QED) is 0.387. The topological polar surface area (TPSA) is 74.6 Å². The Morgan fingerprint density at radius 2 is 1.55 bits per heavy atom. The van der Waals surface area contributed by atoms with Gasteiger partial charge in [-0.15, -0.1) is 0 Å². The largest absolute Gasteiger partial charge is 0.477 e. The number of benzene rings is 2. The third kappa shape index (κ3) is 2.31. The molecule has 0 atom stereocenters. The molecule has 0 amide bonds. The SMILES string of the molecule is C=CC(=C(C(=O)O)C(=O)O)c1cccc2ccccc12. The highest BCUT2D eigenvalue weighted by atomic mass is 16.4. The van der Waals surface area contributed by atoms with E-state index in [1.54, 1.807) is 12.1 Å². The van der Waals surface area contributed by atoms with Gasteiger partial charge in [-0.25, -0.2) is 9.59 Å². The molecule has 0 saturated heterocycles. The van der Waals surface area contributed by atoms with E-state index in [0.717, 1.165) is 10.8 Å². The van der Waals surface area contributed by atoms with Crippen LogP contribution in [0.15, 0.2) is 60.7 Å². The van der Waals surface area contributed by atoms with Crippen molar-refractivity contribution in [2.24, 2.45) is 0 Å². The maximum Gasteiger partial charge on any atom is 0.343 e. The maximum absolute atomic E-state index is 11.2. The summed E-state index contributed by atoms with van der Waals surface area (Å²) in [6.45, 7) is 3.55. The molecule has 2 N–H and O–H groups in total. The summed E-state index contributed by atoms with van der Waals surface area (Å²) in [6, 6.07) is 12.7. The predicted molar refractivity (Wildman–Crippen MR) is 76.3 cm³/mol. The van der Waals surface area contributed by atoms with E-state index < -0.39 is 17.5 Å². The van der Waals surface area contributed by atoms with Crippen molar-refractivity contribution in [3.05, 3.63) is 66.3 Å².